The van der Waals surface area contributed by atoms with Crippen LogP contribution in [0.3, 0.4) is 0 Å². The second kappa shape index (κ2) is 10.7. The maximum Gasteiger partial charge on any atom is 2.00 e. The van der Waals surface area contributed by atoms with E-state index in [-0.39, 0.29) is 48.7 Å². The largest absolute Gasteiger partial charge is 2.00 e. The summed E-state index contributed by atoms with van der Waals surface area (Å²) in [6, 6.07) is 22.9. The molecule has 31 heavy (non-hydrogen) atoms. The second-order valence-electron chi connectivity index (χ2n) is 7.26. The summed E-state index contributed by atoms with van der Waals surface area (Å²) in [5, 5.41) is 12.1. The van der Waals surface area contributed by atoms with Crippen molar-refractivity contribution in [3.63, 3.8) is 0 Å². The fourth-order valence-electron chi connectivity index (χ4n) is 4.02. The Hall–Kier alpha value is -1.70. The van der Waals surface area contributed by atoms with Gasteiger partial charge in [0.15, 0.2) is 0 Å². The zero-order valence-corrected chi connectivity index (χ0v) is 22.2. The van der Waals surface area contributed by atoms with Crippen LogP contribution in [0.2, 0.25) is 10.0 Å². The van der Waals surface area contributed by atoms with Crippen LogP contribution in [0.25, 0.3) is 10.9 Å². The molecule has 4 aromatic rings. The average Bonchev–Trinajstić information content (AvgIpc) is 3.12. The Kier molecular flexibility index (Phi) is 8.31. The molecule has 1 aliphatic rings. The van der Waals surface area contributed by atoms with Crippen molar-refractivity contribution < 1.29 is 41.0 Å². The van der Waals surface area contributed by atoms with Gasteiger partial charge in [-0.2, -0.15) is 30.3 Å². The van der Waals surface area contributed by atoms with Crippen molar-refractivity contribution in [3.05, 3.63) is 99.7 Å². The molecular weight excluding hydrogens is 655 g/mol. The van der Waals surface area contributed by atoms with Crippen molar-refractivity contribution in [2.75, 3.05) is 0 Å². The summed E-state index contributed by atoms with van der Waals surface area (Å²) >= 11 is 11.7. The summed E-state index contributed by atoms with van der Waals surface area (Å²) < 4.78 is 0. The minimum absolute atomic E-state index is 0. The number of hydrogen-bond acceptors (Lipinski definition) is 2. The quantitative estimate of drug-likeness (QED) is 0.240. The third kappa shape index (κ3) is 5.38. The minimum atomic E-state index is -0.185. The number of nitrogens with one attached hydrogen (secondary N) is 1. The van der Waals surface area contributed by atoms with Crippen LogP contribution < -0.4 is 0 Å². The van der Waals surface area contributed by atoms with E-state index in [2.05, 4.69) is 17.3 Å². The number of aromatic hydroxyl groups is 1. The van der Waals surface area contributed by atoms with E-state index in [4.69, 9.17) is 23.2 Å². The molecule has 0 radical (unpaired) electrons. The molecule has 0 saturated carbocycles. The molecular formula is C25H19Cl2NO2U. The molecule has 3 aromatic carbocycles. The number of phenolic OH excluding ortho intramolecular Hbond substituents is 1. The van der Waals surface area contributed by atoms with Gasteiger partial charge >= 0.3 is 31.1 Å². The van der Waals surface area contributed by atoms with Gasteiger partial charge in [0.05, 0.1) is 0 Å². The summed E-state index contributed by atoms with van der Waals surface area (Å²) in [6.07, 6.45) is 3.81. The van der Waals surface area contributed by atoms with Crippen LogP contribution in [-0.4, -0.2) is 16.4 Å². The number of phenols is 1. The van der Waals surface area contributed by atoms with Gasteiger partial charge in [-0.3, -0.25) is 6.29 Å². The van der Waals surface area contributed by atoms with Crippen molar-refractivity contribution in [3.8, 4) is 5.75 Å². The average molecular weight is 674 g/mol. The van der Waals surface area contributed by atoms with Crippen LogP contribution in [-0.2, 0) is 11.2 Å². The molecule has 0 amide bonds. The number of aromatic nitrogens is 1. The minimum Gasteiger partial charge on any atom is -0.541 e. The molecule has 1 aromatic heterocycles. The van der Waals surface area contributed by atoms with E-state index >= 15 is 0 Å². The van der Waals surface area contributed by atoms with E-state index in [0.717, 1.165) is 40.0 Å². The van der Waals surface area contributed by atoms with Gasteiger partial charge in [0, 0.05) is 27.5 Å². The molecule has 154 valence electrons. The first-order chi connectivity index (χ1) is 14.6. The second-order valence-corrected chi connectivity index (χ2v) is 8.13. The molecule has 0 aliphatic heterocycles. The Bertz CT molecular complexity index is 1160. The van der Waals surface area contributed by atoms with E-state index < -0.39 is 0 Å². The van der Waals surface area contributed by atoms with E-state index in [9.17, 15) is 9.90 Å². The maximum absolute atomic E-state index is 11.5. The number of rotatable bonds is 2. The van der Waals surface area contributed by atoms with Crippen molar-refractivity contribution in [2.24, 2.45) is 5.92 Å². The predicted octanol–water partition coefficient (Wildman–Crippen LogP) is 6.47. The van der Waals surface area contributed by atoms with Gasteiger partial charge < -0.3 is 14.9 Å². The fraction of sp³-hybridized carbons (Fsp3) is 0.160. The van der Waals surface area contributed by atoms with Crippen molar-refractivity contribution in [1.29, 1.82) is 0 Å². The molecule has 0 spiro atoms. The summed E-state index contributed by atoms with van der Waals surface area (Å²) in [7, 11) is 0. The molecule has 2 atom stereocenters. The topological polar surface area (TPSA) is 53.1 Å². The number of hydrogen-bond donors (Lipinski definition) is 2. The third-order valence-corrected chi connectivity index (χ3v) is 5.89. The Morgan fingerprint density at radius 3 is 2.32 bits per heavy atom. The Balaban J connectivity index is 0.000000292. The normalized spacial score (nSPS) is 17.1. The third-order valence-electron chi connectivity index (χ3n) is 5.40. The Labute approximate surface area is 215 Å². The summed E-state index contributed by atoms with van der Waals surface area (Å²) in [4.78, 5) is 15.0. The first kappa shape index (κ1) is 24.0. The van der Waals surface area contributed by atoms with Gasteiger partial charge in [-0.05, 0) is 47.9 Å². The monoisotopic (exact) mass is 673 g/mol. The van der Waals surface area contributed by atoms with E-state index in [0.29, 0.717) is 5.02 Å². The van der Waals surface area contributed by atoms with Gasteiger partial charge in [-0.1, -0.05) is 35.2 Å². The Morgan fingerprint density at radius 2 is 1.71 bits per heavy atom. The number of carbonyl (C=O) groups excluding carboxylic acids is 1. The molecule has 1 aliphatic carbocycles. The smallest absolute Gasteiger partial charge is 0.541 e. The molecule has 1 heterocycles. The van der Waals surface area contributed by atoms with Crippen LogP contribution in [0.4, 0.5) is 0 Å². The van der Waals surface area contributed by atoms with E-state index in [1.807, 2.05) is 30.3 Å². The summed E-state index contributed by atoms with van der Waals surface area (Å²) in [5.41, 5.74) is 4.34. The molecule has 1 unspecified atom stereocenters. The zero-order chi connectivity index (χ0) is 21.1. The van der Waals surface area contributed by atoms with E-state index in [1.54, 1.807) is 36.4 Å². The van der Waals surface area contributed by atoms with Gasteiger partial charge in [-0.25, -0.2) is 0 Å². The summed E-state index contributed by atoms with van der Waals surface area (Å²) in [5.74, 6) is -0.0292. The zero-order valence-electron chi connectivity index (χ0n) is 16.5. The number of fused-ring (bicyclic) bond motifs is 3. The first-order valence-electron chi connectivity index (χ1n) is 9.65. The van der Waals surface area contributed by atoms with Gasteiger partial charge in [0.25, 0.3) is 0 Å². The SMILES string of the molecule is Clc1cc[c-]cc1.O=[C-]C1CCc2c([nH]c3ccc(Cl)cc23)[C@H]1c1ccc(O)cc1.[U+2]. The molecule has 0 fully saturated rings. The number of halogens is 2. The van der Waals surface area contributed by atoms with Crippen LogP contribution in [0.1, 0.15) is 29.2 Å². The molecule has 2 N–H and O–H groups in total. The van der Waals surface area contributed by atoms with Crippen LogP contribution >= 0.6 is 23.2 Å². The molecule has 5 rings (SSSR count). The summed E-state index contributed by atoms with van der Waals surface area (Å²) in [6.45, 7) is 0. The predicted molar refractivity (Wildman–Crippen MR) is 121 cm³/mol. The number of H-pyrrole nitrogens is 1. The van der Waals surface area contributed by atoms with Crippen molar-refractivity contribution in [1.82, 2.24) is 4.98 Å². The van der Waals surface area contributed by atoms with Crippen LogP contribution in [0.15, 0.2) is 66.7 Å². The van der Waals surface area contributed by atoms with Crippen LogP contribution in [0.5, 0.6) is 5.75 Å². The molecule has 6 heteroatoms. The Morgan fingerprint density at radius 1 is 1.00 bits per heavy atom. The van der Waals surface area contributed by atoms with Gasteiger partial charge in [0.1, 0.15) is 5.75 Å². The van der Waals surface area contributed by atoms with E-state index in [1.165, 1.54) is 5.56 Å². The first-order valence-corrected chi connectivity index (χ1v) is 10.4. The molecule has 3 nitrogen and oxygen atoms in total. The van der Waals surface area contributed by atoms with Crippen molar-refractivity contribution >= 4 is 40.4 Å². The standard InChI is InChI=1S/C19H15ClNO2.C6H4Cl.U/c20-13-4-8-17-16(9-13)15-7-3-12(10-22)18(19(15)21-17)11-1-5-14(23)6-2-11;7-6-4-2-1-3-5-6;/h1-2,4-6,8-9,12,18,21,23H,3,7H2;2-5H;/q2*-1;+2/t12?,18-;;/m0../s1. The molecule has 0 saturated heterocycles. The number of aryl methyl sites for hydroxylation is 1. The van der Waals surface area contributed by atoms with Crippen molar-refractivity contribution in [2.45, 2.75) is 18.8 Å². The maximum atomic E-state index is 11.5. The van der Waals surface area contributed by atoms with Gasteiger partial charge in [0.2, 0.25) is 0 Å². The number of benzene rings is 3. The van der Waals surface area contributed by atoms with Gasteiger partial charge in [-0.15, -0.1) is 17.5 Å². The van der Waals surface area contributed by atoms with Crippen LogP contribution in [0, 0.1) is 43.1 Å². The number of aromatic amines is 1. The fourth-order valence-corrected chi connectivity index (χ4v) is 4.32. The molecule has 0 bridgehead atoms.